The third-order valence-corrected chi connectivity index (χ3v) is 1.91. The normalized spacial score (nSPS) is 10.4. The summed E-state index contributed by atoms with van der Waals surface area (Å²) in [6.45, 7) is 0.328. The Morgan fingerprint density at radius 3 is 2.86 bits per heavy atom. The van der Waals surface area contributed by atoms with Crippen LogP contribution in [0.25, 0.3) is 5.69 Å². The van der Waals surface area contributed by atoms with E-state index in [1.165, 1.54) is 23.4 Å². The van der Waals surface area contributed by atoms with Gasteiger partial charge in [0.2, 0.25) is 0 Å². The number of rotatable bonds is 2. The molecule has 2 aromatic rings. The molecule has 0 spiro atoms. The van der Waals surface area contributed by atoms with E-state index in [1.54, 1.807) is 12.1 Å². The van der Waals surface area contributed by atoms with Gasteiger partial charge in [0.1, 0.15) is 24.2 Å². The number of nitrogens with two attached hydrogens (primary N) is 1. The van der Waals surface area contributed by atoms with Crippen LogP contribution in [0.3, 0.4) is 0 Å². The van der Waals surface area contributed by atoms with Crippen LogP contribution < -0.4 is 5.73 Å². The Bertz CT molecular complexity index is 424. The largest absolute Gasteiger partial charge is 0.326 e. The molecule has 0 saturated carbocycles. The highest BCUT2D eigenvalue weighted by Gasteiger charge is 2.04. The Morgan fingerprint density at radius 1 is 1.43 bits per heavy atom. The first-order valence-electron chi connectivity index (χ1n) is 4.15. The number of aromatic nitrogens is 3. The number of halogens is 1. The first-order valence-corrected chi connectivity index (χ1v) is 4.15. The van der Waals surface area contributed by atoms with Crippen LogP contribution in [0.15, 0.2) is 30.9 Å². The molecule has 2 rings (SSSR count). The predicted octanol–water partition coefficient (Wildman–Crippen LogP) is 0.865. The highest BCUT2D eigenvalue weighted by atomic mass is 19.1. The smallest absolute Gasteiger partial charge is 0.149 e. The van der Waals surface area contributed by atoms with Crippen LogP contribution in [0.1, 0.15) is 5.56 Å². The fourth-order valence-corrected chi connectivity index (χ4v) is 1.20. The highest BCUT2D eigenvalue weighted by Crippen LogP contribution is 2.13. The average Bonchev–Trinajstić information content (AvgIpc) is 2.70. The SMILES string of the molecule is NCc1ccc(-n2cncn2)c(F)c1. The van der Waals surface area contributed by atoms with E-state index >= 15 is 0 Å². The van der Waals surface area contributed by atoms with Gasteiger partial charge in [-0.05, 0) is 17.7 Å². The Kier molecular flexibility index (Phi) is 2.24. The Balaban J connectivity index is 2.46. The molecule has 0 amide bonds. The average molecular weight is 192 g/mol. The summed E-state index contributed by atoms with van der Waals surface area (Å²) in [7, 11) is 0. The summed E-state index contributed by atoms with van der Waals surface area (Å²) in [5, 5.41) is 3.84. The van der Waals surface area contributed by atoms with Crippen molar-refractivity contribution in [3.63, 3.8) is 0 Å². The zero-order valence-electron chi connectivity index (χ0n) is 7.39. The molecule has 5 heteroatoms. The van der Waals surface area contributed by atoms with Crippen molar-refractivity contribution >= 4 is 0 Å². The maximum Gasteiger partial charge on any atom is 0.149 e. The molecule has 0 atom stereocenters. The number of benzene rings is 1. The maximum atomic E-state index is 13.5. The fraction of sp³-hybridized carbons (Fsp3) is 0.111. The topological polar surface area (TPSA) is 56.7 Å². The van der Waals surface area contributed by atoms with Gasteiger partial charge >= 0.3 is 0 Å². The van der Waals surface area contributed by atoms with Gasteiger partial charge < -0.3 is 5.73 Å². The molecular weight excluding hydrogens is 183 g/mol. The molecule has 0 fully saturated rings. The third-order valence-electron chi connectivity index (χ3n) is 1.91. The van der Waals surface area contributed by atoms with Crippen molar-refractivity contribution in [3.8, 4) is 5.69 Å². The van der Waals surface area contributed by atoms with Crippen LogP contribution in [-0.2, 0) is 6.54 Å². The van der Waals surface area contributed by atoms with Gasteiger partial charge in [0.25, 0.3) is 0 Å². The van der Waals surface area contributed by atoms with E-state index in [1.807, 2.05) is 0 Å². The summed E-state index contributed by atoms with van der Waals surface area (Å²) in [5.41, 5.74) is 6.52. The van der Waals surface area contributed by atoms with Crippen molar-refractivity contribution in [2.45, 2.75) is 6.54 Å². The second-order valence-electron chi connectivity index (χ2n) is 2.83. The van der Waals surface area contributed by atoms with Gasteiger partial charge in [0.05, 0.1) is 0 Å². The summed E-state index contributed by atoms with van der Waals surface area (Å²) < 4.78 is 14.8. The minimum atomic E-state index is -0.349. The monoisotopic (exact) mass is 192 g/mol. The molecule has 0 saturated heterocycles. The maximum absolute atomic E-state index is 13.5. The van der Waals surface area contributed by atoms with Crippen molar-refractivity contribution in [2.24, 2.45) is 5.73 Å². The Labute approximate surface area is 80.2 Å². The van der Waals surface area contributed by atoms with E-state index in [-0.39, 0.29) is 5.82 Å². The molecule has 14 heavy (non-hydrogen) atoms. The molecule has 72 valence electrons. The number of nitrogens with zero attached hydrogens (tertiary/aromatic N) is 3. The fourth-order valence-electron chi connectivity index (χ4n) is 1.20. The molecule has 4 nitrogen and oxygen atoms in total. The summed E-state index contributed by atoms with van der Waals surface area (Å²) in [6.07, 6.45) is 2.80. The predicted molar refractivity (Wildman–Crippen MR) is 49.2 cm³/mol. The summed E-state index contributed by atoms with van der Waals surface area (Å²) in [5.74, 6) is -0.349. The Hall–Kier alpha value is -1.75. The molecule has 1 aromatic heterocycles. The van der Waals surface area contributed by atoms with Crippen molar-refractivity contribution in [3.05, 3.63) is 42.2 Å². The van der Waals surface area contributed by atoms with E-state index in [9.17, 15) is 4.39 Å². The zero-order valence-corrected chi connectivity index (χ0v) is 7.39. The van der Waals surface area contributed by atoms with Crippen LogP contribution in [-0.4, -0.2) is 14.8 Å². The first kappa shape index (κ1) is 8.83. The van der Waals surface area contributed by atoms with Crippen molar-refractivity contribution in [1.82, 2.24) is 14.8 Å². The van der Waals surface area contributed by atoms with E-state index in [0.29, 0.717) is 12.2 Å². The van der Waals surface area contributed by atoms with Crippen LogP contribution >= 0.6 is 0 Å². The molecule has 0 radical (unpaired) electrons. The van der Waals surface area contributed by atoms with E-state index < -0.39 is 0 Å². The molecule has 0 bridgehead atoms. The summed E-state index contributed by atoms with van der Waals surface area (Å²) in [4.78, 5) is 3.74. The van der Waals surface area contributed by atoms with E-state index in [4.69, 9.17) is 5.73 Å². The summed E-state index contributed by atoms with van der Waals surface area (Å²) in [6, 6.07) is 4.79. The van der Waals surface area contributed by atoms with Gasteiger partial charge in [-0.1, -0.05) is 6.07 Å². The van der Waals surface area contributed by atoms with Gasteiger partial charge in [-0.15, -0.1) is 0 Å². The highest BCUT2D eigenvalue weighted by molar-refractivity contribution is 5.35. The van der Waals surface area contributed by atoms with Gasteiger partial charge in [-0.2, -0.15) is 5.10 Å². The lowest BCUT2D eigenvalue weighted by atomic mass is 10.2. The van der Waals surface area contributed by atoms with Crippen molar-refractivity contribution in [2.75, 3.05) is 0 Å². The van der Waals surface area contributed by atoms with Crippen molar-refractivity contribution in [1.29, 1.82) is 0 Å². The lowest BCUT2D eigenvalue weighted by Gasteiger charge is -2.03. The van der Waals surface area contributed by atoms with Gasteiger partial charge in [-0.25, -0.2) is 14.1 Å². The van der Waals surface area contributed by atoms with E-state index in [2.05, 4.69) is 10.1 Å². The Morgan fingerprint density at radius 2 is 2.29 bits per heavy atom. The molecule has 2 N–H and O–H groups in total. The lowest BCUT2D eigenvalue weighted by molar-refractivity contribution is 0.608. The van der Waals surface area contributed by atoms with Crippen LogP contribution in [0.5, 0.6) is 0 Å². The number of hydrogen-bond donors (Lipinski definition) is 1. The molecule has 0 aliphatic carbocycles. The van der Waals surface area contributed by atoms with Crippen molar-refractivity contribution < 1.29 is 4.39 Å². The first-order chi connectivity index (χ1) is 6.81. The zero-order chi connectivity index (χ0) is 9.97. The van der Waals surface area contributed by atoms with Crippen LogP contribution in [0.4, 0.5) is 4.39 Å². The van der Waals surface area contributed by atoms with Crippen LogP contribution in [0, 0.1) is 5.82 Å². The molecule has 1 aromatic carbocycles. The standard InChI is InChI=1S/C9H9FN4/c10-8-3-7(4-11)1-2-9(8)14-6-12-5-13-14/h1-3,5-6H,4,11H2. The van der Waals surface area contributed by atoms with E-state index in [0.717, 1.165) is 5.56 Å². The van der Waals surface area contributed by atoms with Gasteiger partial charge in [-0.3, -0.25) is 0 Å². The number of hydrogen-bond acceptors (Lipinski definition) is 3. The second kappa shape index (κ2) is 3.55. The quantitative estimate of drug-likeness (QED) is 0.767. The van der Waals surface area contributed by atoms with Gasteiger partial charge in [0, 0.05) is 6.54 Å². The molecule has 0 aliphatic heterocycles. The molecule has 0 aliphatic rings. The minimum absolute atomic E-state index is 0.328. The van der Waals surface area contributed by atoms with Gasteiger partial charge in [0.15, 0.2) is 0 Å². The molecule has 0 unspecified atom stereocenters. The van der Waals surface area contributed by atoms with Crippen LogP contribution in [0.2, 0.25) is 0 Å². The second-order valence-corrected chi connectivity index (χ2v) is 2.83. The lowest BCUT2D eigenvalue weighted by Crippen LogP contribution is -2.01. The third kappa shape index (κ3) is 1.49. The molecular formula is C9H9FN4. The summed E-state index contributed by atoms with van der Waals surface area (Å²) >= 11 is 0. The minimum Gasteiger partial charge on any atom is -0.326 e. The molecule has 1 heterocycles.